The lowest BCUT2D eigenvalue weighted by Crippen LogP contribution is -3.08. The summed E-state index contributed by atoms with van der Waals surface area (Å²) >= 11 is 0. The molecule has 2 aromatic rings. The Labute approximate surface area is 135 Å². The van der Waals surface area contributed by atoms with Gasteiger partial charge in [-0.1, -0.05) is 24.3 Å². The molecule has 23 heavy (non-hydrogen) atoms. The van der Waals surface area contributed by atoms with E-state index in [1.807, 2.05) is 19.2 Å². The Bertz CT molecular complexity index is 690. The van der Waals surface area contributed by atoms with Gasteiger partial charge >= 0.3 is 0 Å². The molecule has 0 heterocycles. The fourth-order valence-electron chi connectivity index (χ4n) is 2.29. The fourth-order valence-corrected chi connectivity index (χ4v) is 2.29. The van der Waals surface area contributed by atoms with Crippen LogP contribution < -0.4 is 10.2 Å². The second-order valence-corrected chi connectivity index (χ2v) is 5.52. The van der Waals surface area contributed by atoms with Crippen LogP contribution in [0.5, 0.6) is 0 Å². The minimum atomic E-state index is -0.260. The summed E-state index contributed by atoms with van der Waals surface area (Å²) in [6, 6.07) is 15.6. The molecule has 0 spiro atoms. The Balaban J connectivity index is 1.83. The summed E-state index contributed by atoms with van der Waals surface area (Å²) in [5.41, 5.74) is 2.62. The van der Waals surface area contributed by atoms with Crippen LogP contribution in [0.15, 0.2) is 48.5 Å². The largest absolute Gasteiger partial charge is 0.326 e. The number of halogens is 1. The van der Waals surface area contributed by atoms with Crippen molar-refractivity contribution in [2.45, 2.75) is 13.0 Å². The van der Waals surface area contributed by atoms with Crippen LogP contribution >= 0.6 is 0 Å². The number of likely N-dealkylation sites (N-methyl/N-ethyl adjacent to an activating group) is 1. The molecule has 5 heteroatoms. The first-order valence-corrected chi connectivity index (χ1v) is 7.38. The molecule has 2 N–H and O–H groups in total. The predicted octanol–water partition coefficient (Wildman–Crippen LogP) is 1.55. The molecule has 0 radical (unpaired) electrons. The zero-order chi connectivity index (χ0) is 16.7. The molecular formula is C18H19FN3O+. The maximum atomic E-state index is 12.9. The minimum Gasteiger partial charge on any atom is -0.326 e. The number of amides is 1. The number of rotatable bonds is 6. The zero-order valence-corrected chi connectivity index (χ0v) is 13.0. The van der Waals surface area contributed by atoms with Crippen molar-refractivity contribution in [1.29, 1.82) is 5.26 Å². The Hall–Kier alpha value is -2.71. The van der Waals surface area contributed by atoms with Gasteiger partial charge in [-0.25, -0.2) is 4.39 Å². The third-order valence-corrected chi connectivity index (χ3v) is 3.40. The van der Waals surface area contributed by atoms with Crippen LogP contribution in [0.1, 0.15) is 11.1 Å². The lowest BCUT2D eigenvalue weighted by molar-refractivity contribution is -0.885. The SMILES string of the molecule is C[NH+](CC(=O)Nc1ccc(CC#N)cc1)Cc1ccc(F)cc1. The van der Waals surface area contributed by atoms with Crippen molar-refractivity contribution in [3.63, 3.8) is 0 Å². The van der Waals surface area contributed by atoms with Crippen molar-refractivity contribution in [3.05, 3.63) is 65.5 Å². The quantitative estimate of drug-likeness (QED) is 0.850. The number of hydrogen-bond donors (Lipinski definition) is 2. The van der Waals surface area contributed by atoms with E-state index in [9.17, 15) is 9.18 Å². The summed E-state index contributed by atoms with van der Waals surface area (Å²) in [6.07, 6.45) is 0.360. The minimum absolute atomic E-state index is 0.0855. The molecule has 0 aromatic heterocycles. The number of hydrogen-bond acceptors (Lipinski definition) is 2. The van der Waals surface area contributed by atoms with E-state index in [0.717, 1.165) is 16.0 Å². The highest BCUT2D eigenvalue weighted by Gasteiger charge is 2.11. The van der Waals surface area contributed by atoms with Crippen molar-refractivity contribution in [3.8, 4) is 6.07 Å². The van der Waals surface area contributed by atoms with Crippen LogP contribution in [0.4, 0.5) is 10.1 Å². The second-order valence-electron chi connectivity index (χ2n) is 5.52. The molecule has 1 unspecified atom stereocenters. The van der Waals surface area contributed by atoms with Crippen LogP contribution in [0.2, 0.25) is 0 Å². The highest BCUT2D eigenvalue weighted by atomic mass is 19.1. The Morgan fingerprint density at radius 1 is 1.13 bits per heavy atom. The number of benzene rings is 2. The molecule has 0 aliphatic carbocycles. The smallest absolute Gasteiger partial charge is 0.279 e. The second kappa shape index (κ2) is 8.06. The number of carbonyl (C=O) groups is 1. The predicted molar refractivity (Wildman–Crippen MR) is 86.2 cm³/mol. The number of anilines is 1. The lowest BCUT2D eigenvalue weighted by Gasteiger charge is -2.14. The summed E-state index contributed by atoms with van der Waals surface area (Å²) in [5, 5.41) is 11.5. The molecule has 0 saturated carbocycles. The van der Waals surface area contributed by atoms with Crippen molar-refractivity contribution in [2.24, 2.45) is 0 Å². The van der Waals surface area contributed by atoms with Gasteiger partial charge < -0.3 is 10.2 Å². The van der Waals surface area contributed by atoms with E-state index in [4.69, 9.17) is 5.26 Å². The summed E-state index contributed by atoms with van der Waals surface area (Å²) in [6.45, 7) is 0.964. The van der Waals surface area contributed by atoms with Gasteiger partial charge in [0.1, 0.15) is 12.4 Å². The molecule has 0 saturated heterocycles. The fraction of sp³-hybridized carbons (Fsp3) is 0.222. The topological polar surface area (TPSA) is 57.3 Å². The number of carbonyl (C=O) groups excluding carboxylic acids is 1. The number of nitrogens with one attached hydrogen (secondary N) is 2. The summed E-state index contributed by atoms with van der Waals surface area (Å²) in [4.78, 5) is 13.0. The van der Waals surface area contributed by atoms with Gasteiger partial charge in [0, 0.05) is 11.3 Å². The highest BCUT2D eigenvalue weighted by Crippen LogP contribution is 2.09. The van der Waals surface area contributed by atoms with Crippen LogP contribution in [-0.4, -0.2) is 19.5 Å². The molecule has 4 nitrogen and oxygen atoms in total. The number of nitrogens with zero attached hydrogens (tertiary/aromatic N) is 1. The standard InChI is InChI=1S/C18H18FN3O/c1-22(12-15-2-6-16(19)7-3-15)13-18(23)21-17-8-4-14(5-9-17)10-11-20/h2-9H,10,12-13H2,1H3,(H,21,23)/p+1. The van der Waals surface area contributed by atoms with Crippen LogP contribution in [-0.2, 0) is 17.8 Å². The molecular weight excluding hydrogens is 293 g/mol. The first-order chi connectivity index (χ1) is 11.1. The molecule has 1 atom stereocenters. The van der Waals surface area contributed by atoms with Crippen LogP contribution in [0, 0.1) is 17.1 Å². The van der Waals surface area contributed by atoms with Gasteiger partial charge in [-0.3, -0.25) is 4.79 Å². The molecule has 0 fully saturated rings. The Morgan fingerprint density at radius 2 is 1.74 bits per heavy atom. The number of quaternary nitrogens is 1. The van der Waals surface area contributed by atoms with Gasteiger partial charge in [0.15, 0.2) is 6.54 Å². The first kappa shape index (κ1) is 16.7. The molecule has 2 rings (SSSR count). The first-order valence-electron chi connectivity index (χ1n) is 7.38. The highest BCUT2D eigenvalue weighted by molar-refractivity contribution is 5.91. The molecule has 0 bridgehead atoms. The van der Waals surface area contributed by atoms with Gasteiger partial charge in [0.2, 0.25) is 0 Å². The third kappa shape index (κ3) is 5.53. The van der Waals surface area contributed by atoms with E-state index in [2.05, 4.69) is 11.4 Å². The molecule has 0 aliphatic heterocycles. The van der Waals surface area contributed by atoms with Gasteiger partial charge in [0.05, 0.1) is 19.5 Å². The van der Waals surface area contributed by atoms with E-state index >= 15 is 0 Å². The third-order valence-electron chi connectivity index (χ3n) is 3.40. The average molecular weight is 312 g/mol. The van der Waals surface area contributed by atoms with Crippen molar-refractivity contribution >= 4 is 11.6 Å². The average Bonchev–Trinajstić information content (AvgIpc) is 2.51. The van der Waals surface area contributed by atoms with Gasteiger partial charge in [0.25, 0.3) is 5.91 Å². The van der Waals surface area contributed by atoms with E-state index in [-0.39, 0.29) is 11.7 Å². The van der Waals surface area contributed by atoms with E-state index in [1.165, 1.54) is 12.1 Å². The van der Waals surface area contributed by atoms with E-state index in [1.54, 1.807) is 24.3 Å². The van der Waals surface area contributed by atoms with Crippen molar-refractivity contribution in [1.82, 2.24) is 0 Å². The molecule has 1 amide bonds. The van der Waals surface area contributed by atoms with E-state index in [0.29, 0.717) is 25.2 Å². The summed E-state index contributed by atoms with van der Waals surface area (Å²) in [7, 11) is 1.92. The molecule has 2 aromatic carbocycles. The molecule has 0 aliphatic rings. The van der Waals surface area contributed by atoms with Gasteiger partial charge in [-0.05, 0) is 29.8 Å². The lowest BCUT2D eigenvalue weighted by atomic mass is 10.1. The van der Waals surface area contributed by atoms with Crippen molar-refractivity contribution in [2.75, 3.05) is 18.9 Å². The summed E-state index contributed by atoms with van der Waals surface area (Å²) in [5.74, 6) is -0.346. The Kier molecular flexibility index (Phi) is 5.84. The molecule has 118 valence electrons. The van der Waals surface area contributed by atoms with Crippen molar-refractivity contribution < 1.29 is 14.1 Å². The zero-order valence-electron chi connectivity index (χ0n) is 13.0. The monoisotopic (exact) mass is 312 g/mol. The maximum absolute atomic E-state index is 12.9. The van der Waals surface area contributed by atoms with Crippen LogP contribution in [0.25, 0.3) is 0 Å². The Morgan fingerprint density at radius 3 is 2.35 bits per heavy atom. The van der Waals surface area contributed by atoms with Gasteiger partial charge in [-0.15, -0.1) is 0 Å². The summed E-state index contributed by atoms with van der Waals surface area (Å²) < 4.78 is 12.9. The maximum Gasteiger partial charge on any atom is 0.279 e. The normalized spacial score (nSPS) is 11.5. The van der Waals surface area contributed by atoms with E-state index < -0.39 is 0 Å². The number of nitriles is 1. The van der Waals surface area contributed by atoms with Gasteiger partial charge in [-0.2, -0.15) is 5.26 Å². The van der Waals surface area contributed by atoms with Crippen LogP contribution in [0.3, 0.4) is 0 Å².